The van der Waals surface area contributed by atoms with Gasteiger partial charge in [-0.25, -0.2) is 0 Å². The second-order valence-corrected chi connectivity index (χ2v) is 19.1. The zero-order valence-corrected chi connectivity index (χ0v) is 38.2. The number of fused-ring (bicyclic) bond motifs is 5. The van der Waals surface area contributed by atoms with Crippen molar-refractivity contribution < 1.29 is 24.1 Å². The van der Waals surface area contributed by atoms with Crippen LogP contribution in [0.3, 0.4) is 0 Å². The van der Waals surface area contributed by atoms with E-state index in [2.05, 4.69) is 231 Å². The van der Waals surface area contributed by atoms with Crippen LogP contribution in [0.1, 0.15) is 50.8 Å². The first kappa shape index (κ1) is 39.3. The number of pyridine rings is 1. The summed E-state index contributed by atoms with van der Waals surface area (Å²) in [5.41, 5.74) is 15.5. The molecule has 0 saturated heterocycles. The third-order valence-electron chi connectivity index (χ3n) is 12.8. The summed E-state index contributed by atoms with van der Waals surface area (Å²) in [7, 11) is 0. The molecule has 7 aromatic carbocycles. The maximum atomic E-state index is 6.87. The molecular formula is C57H48N4OPt. The molecule has 1 aliphatic carbocycles. The van der Waals surface area contributed by atoms with Crippen molar-refractivity contribution in [3.05, 3.63) is 197 Å². The third-order valence-corrected chi connectivity index (χ3v) is 13.8. The number of imidazole rings is 1. The van der Waals surface area contributed by atoms with Crippen LogP contribution in [0, 0.1) is 9.72 Å². The molecule has 1 unspecified atom stereocenters. The van der Waals surface area contributed by atoms with E-state index in [0.29, 0.717) is 5.92 Å². The Bertz CT molecular complexity index is 3370. The van der Waals surface area contributed by atoms with Crippen molar-refractivity contribution >= 4 is 32.8 Å². The fraction of sp³-hybridized carbons (Fsp3) is 0.158. The van der Waals surface area contributed by atoms with E-state index < -0.39 is 0 Å². The summed E-state index contributed by atoms with van der Waals surface area (Å²) in [5, 5.41) is 2.47. The Hall–Kier alpha value is -6.55. The molecule has 3 heterocycles. The van der Waals surface area contributed by atoms with Gasteiger partial charge in [0.15, 0.2) is 0 Å². The average molecular weight is 1000 g/mol. The Morgan fingerprint density at radius 2 is 1.22 bits per heavy atom. The summed E-state index contributed by atoms with van der Waals surface area (Å²) in [4.78, 5) is 5.00. The molecule has 3 aromatic heterocycles. The van der Waals surface area contributed by atoms with E-state index in [0.717, 1.165) is 61.9 Å². The van der Waals surface area contributed by atoms with Crippen LogP contribution in [0.2, 0.25) is 0 Å². The summed E-state index contributed by atoms with van der Waals surface area (Å²) in [6.45, 7) is 9.16. The normalized spacial score (nSPS) is 14.1. The molecule has 0 fully saturated rings. The number of benzene rings is 7. The van der Waals surface area contributed by atoms with Gasteiger partial charge in [-0.2, -0.15) is 0 Å². The molecule has 63 heavy (non-hydrogen) atoms. The number of nitrogens with zero attached hydrogens (tertiary/aromatic N) is 4. The molecule has 1 aliphatic rings. The van der Waals surface area contributed by atoms with Gasteiger partial charge in [0, 0.05) is 6.20 Å². The third kappa shape index (κ3) is 7.00. The van der Waals surface area contributed by atoms with Crippen molar-refractivity contribution in [1.82, 2.24) is 18.7 Å². The number of hydrogen-bond acceptors (Lipinski definition) is 2. The smallest absolute Gasteiger partial charge is 0.0561 e. The van der Waals surface area contributed by atoms with E-state index in [1.165, 1.54) is 61.7 Å². The van der Waals surface area contributed by atoms with Gasteiger partial charge in [-0.1, -0.05) is 27.7 Å². The summed E-state index contributed by atoms with van der Waals surface area (Å²) in [6, 6.07) is 61.1. The molecule has 0 N–H and O–H groups in total. The number of hydrogen-bond donors (Lipinski definition) is 0. The SMILES string of the molecule is CC1CCc2cc3c(cc2C1)c1ccc(Oc2cccc(-n4[c](=[Pt])n(-c5c(-c6ccccc6)cccc5-c5ccccc5)c5ccccc54)c2)cc1n3-c1cc(C(C)(C)C)ccn1. The Kier molecular flexibility index (Phi) is 9.77. The van der Waals surface area contributed by atoms with Gasteiger partial charge < -0.3 is 0 Å². The number of aryl methyl sites for hydroxylation is 1. The van der Waals surface area contributed by atoms with E-state index in [-0.39, 0.29) is 5.41 Å². The zero-order valence-electron chi connectivity index (χ0n) is 36.0. The molecule has 0 spiro atoms. The molecule has 0 bridgehead atoms. The van der Waals surface area contributed by atoms with Crippen LogP contribution in [-0.2, 0) is 37.6 Å². The molecule has 5 nitrogen and oxygen atoms in total. The van der Waals surface area contributed by atoms with Crippen molar-refractivity contribution in [3.8, 4) is 50.9 Å². The zero-order chi connectivity index (χ0) is 42.8. The molecular weight excluding hydrogens is 952 g/mol. The van der Waals surface area contributed by atoms with E-state index in [1.54, 1.807) is 0 Å². The first-order valence-corrected chi connectivity index (χ1v) is 23.1. The van der Waals surface area contributed by atoms with Gasteiger partial charge in [0.05, 0.1) is 0 Å². The van der Waals surface area contributed by atoms with Crippen LogP contribution in [0.25, 0.3) is 72.3 Å². The van der Waals surface area contributed by atoms with Crippen LogP contribution in [0.4, 0.5) is 0 Å². The predicted octanol–water partition coefficient (Wildman–Crippen LogP) is 14.5. The van der Waals surface area contributed by atoms with Crippen molar-refractivity contribution in [2.75, 3.05) is 0 Å². The molecule has 1 atom stereocenters. The van der Waals surface area contributed by atoms with Crippen molar-refractivity contribution in [3.63, 3.8) is 0 Å². The molecule has 0 radical (unpaired) electrons. The summed E-state index contributed by atoms with van der Waals surface area (Å²) in [5.74, 6) is 3.17. The minimum atomic E-state index is -0.0112. The fourth-order valence-electron chi connectivity index (χ4n) is 9.63. The summed E-state index contributed by atoms with van der Waals surface area (Å²) < 4.78 is 15.0. The van der Waals surface area contributed by atoms with Gasteiger partial charge in [-0.3, -0.25) is 0 Å². The van der Waals surface area contributed by atoms with E-state index in [1.807, 2.05) is 6.20 Å². The molecule has 0 saturated carbocycles. The number of rotatable bonds is 7. The average Bonchev–Trinajstić information content (AvgIpc) is 3.78. The van der Waals surface area contributed by atoms with Crippen LogP contribution in [0.5, 0.6) is 11.5 Å². The topological polar surface area (TPSA) is 36.9 Å². The molecule has 312 valence electrons. The van der Waals surface area contributed by atoms with Gasteiger partial charge in [0.2, 0.25) is 0 Å². The Balaban J connectivity index is 1.05. The monoisotopic (exact) mass is 999 g/mol. The van der Waals surface area contributed by atoms with Crippen LogP contribution < -0.4 is 4.74 Å². The minimum absolute atomic E-state index is 0.0112. The van der Waals surface area contributed by atoms with Gasteiger partial charge in [0.1, 0.15) is 0 Å². The van der Waals surface area contributed by atoms with E-state index in [9.17, 15) is 0 Å². The van der Waals surface area contributed by atoms with Gasteiger partial charge >= 0.3 is 294 Å². The second kappa shape index (κ2) is 15.7. The van der Waals surface area contributed by atoms with Crippen LogP contribution in [-0.4, -0.2) is 18.7 Å². The Labute approximate surface area is 379 Å². The van der Waals surface area contributed by atoms with Crippen LogP contribution >= 0.6 is 0 Å². The van der Waals surface area contributed by atoms with Gasteiger partial charge in [-0.05, 0) is 53.4 Å². The van der Waals surface area contributed by atoms with Crippen LogP contribution in [0.15, 0.2) is 176 Å². The number of para-hydroxylation sites is 3. The molecule has 10 aromatic rings. The van der Waals surface area contributed by atoms with Crippen molar-refractivity contribution in [2.24, 2.45) is 5.92 Å². The van der Waals surface area contributed by atoms with Gasteiger partial charge in [-0.15, -0.1) is 0 Å². The first-order chi connectivity index (χ1) is 30.7. The van der Waals surface area contributed by atoms with E-state index >= 15 is 0 Å². The standard InChI is InChI=1S/C57H48N4O.Pt/c1-38-25-26-41-33-53-50(32-42(41)31-38)49-28-27-46(36-54(49)61(53)55-34-43(29-30-58-55)57(2,3)4)62-45-20-13-19-44(35-45)59-37-60(52-24-12-11-23-51(52)59)56-47(39-15-7-5-8-16-39)21-14-22-48(56)40-17-9-6-10-18-40;/h5-24,27-30,32-36,38H,25-26,31H2,1-4H3;. The fourth-order valence-corrected chi connectivity index (χ4v) is 10.7. The predicted molar refractivity (Wildman–Crippen MR) is 255 cm³/mol. The van der Waals surface area contributed by atoms with Gasteiger partial charge in [0.25, 0.3) is 0 Å². The molecule has 0 amide bonds. The quantitative estimate of drug-likeness (QED) is 0.160. The number of aromatic nitrogens is 4. The minimum Gasteiger partial charge on any atom is -0.0561 e. The Morgan fingerprint density at radius 3 is 1.94 bits per heavy atom. The molecule has 0 aliphatic heterocycles. The Morgan fingerprint density at radius 1 is 0.571 bits per heavy atom. The molecule has 6 heteroatoms. The second-order valence-electron chi connectivity index (χ2n) is 18.1. The number of ether oxygens (including phenoxy) is 1. The van der Waals surface area contributed by atoms with Crippen molar-refractivity contribution in [1.29, 1.82) is 0 Å². The maximum absolute atomic E-state index is 6.87. The summed E-state index contributed by atoms with van der Waals surface area (Å²) in [6.07, 6.45) is 5.41. The van der Waals surface area contributed by atoms with E-state index in [4.69, 9.17) is 9.72 Å². The summed E-state index contributed by atoms with van der Waals surface area (Å²) >= 11 is 2.51. The molecule has 11 rings (SSSR count). The first-order valence-electron chi connectivity index (χ1n) is 22.0. The van der Waals surface area contributed by atoms with Crippen molar-refractivity contribution in [2.45, 2.75) is 52.4 Å².